The molecule has 4 N–H and O–H groups in total. The Morgan fingerprint density at radius 2 is 2.00 bits per heavy atom. The number of nitrogens with one attached hydrogen (secondary N) is 2. The average molecular weight is 501 g/mol. The maximum Gasteiger partial charge on any atom is 0.255 e. The second-order valence-corrected chi connectivity index (χ2v) is 5.92. The molecule has 0 aliphatic rings. The number of primary amides is 1. The van der Waals surface area contributed by atoms with Crippen LogP contribution in [0.15, 0.2) is 33.8 Å². The van der Waals surface area contributed by atoms with E-state index in [2.05, 4.69) is 27.7 Å². The fourth-order valence-corrected chi connectivity index (χ4v) is 2.62. The quantitative estimate of drug-likeness (QED) is 0.276. The number of benzene rings is 1. The van der Waals surface area contributed by atoms with Crippen molar-refractivity contribution in [3.63, 3.8) is 0 Å². The van der Waals surface area contributed by atoms with Gasteiger partial charge in [-0.15, -0.1) is 24.0 Å². The number of guanidine groups is 1. The van der Waals surface area contributed by atoms with Crippen LogP contribution >= 0.6 is 24.0 Å². The number of carbonyl (C=O) groups is 1. The zero-order chi connectivity index (χ0) is 19.6. The van der Waals surface area contributed by atoms with Crippen LogP contribution in [0.5, 0.6) is 5.75 Å². The SMILES string of the molecule is CCc1noc(CC)c1CNC(=NC)NCc1cccc(OCC(N)=O)c1.I. The number of halogens is 1. The Bertz CT molecular complexity index is 770. The van der Waals surface area contributed by atoms with Gasteiger partial charge in [-0.1, -0.05) is 31.1 Å². The molecule has 8 nitrogen and oxygen atoms in total. The molecule has 1 heterocycles. The Labute approximate surface area is 182 Å². The summed E-state index contributed by atoms with van der Waals surface area (Å²) in [5.74, 6) is 1.66. The molecule has 0 saturated heterocycles. The van der Waals surface area contributed by atoms with E-state index in [4.69, 9.17) is 15.0 Å². The molecule has 0 fully saturated rings. The summed E-state index contributed by atoms with van der Waals surface area (Å²) >= 11 is 0. The minimum absolute atomic E-state index is 0. The largest absolute Gasteiger partial charge is 0.484 e. The minimum Gasteiger partial charge on any atom is -0.484 e. The number of hydrogen-bond acceptors (Lipinski definition) is 5. The predicted octanol–water partition coefficient (Wildman–Crippen LogP) is 2.15. The molecule has 1 aromatic heterocycles. The summed E-state index contributed by atoms with van der Waals surface area (Å²) < 4.78 is 10.7. The number of nitrogens with two attached hydrogens (primary N) is 1. The molecule has 0 aliphatic heterocycles. The maximum absolute atomic E-state index is 10.8. The van der Waals surface area contributed by atoms with E-state index in [-0.39, 0.29) is 30.6 Å². The van der Waals surface area contributed by atoms with E-state index in [1.54, 1.807) is 13.1 Å². The molecule has 0 radical (unpaired) electrons. The first-order valence-corrected chi connectivity index (χ1v) is 8.98. The second-order valence-electron chi connectivity index (χ2n) is 5.92. The zero-order valence-corrected chi connectivity index (χ0v) is 18.8. The van der Waals surface area contributed by atoms with Crippen molar-refractivity contribution in [1.29, 1.82) is 0 Å². The van der Waals surface area contributed by atoms with Crippen LogP contribution in [0.4, 0.5) is 0 Å². The van der Waals surface area contributed by atoms with Gasteiger partial charge in [-0.3, -0.25) is 9.79 Å². The Morgan fingerprint density at radius 3 is 2.64 bits per heavy atom. The van der Waals surface area contributed by atoms with Crippen LogP contribution < -0.4 is 21.1 Å². The molecule has 154 valence electrons. The highest BCUT2D eigenvalue weighted by Gasteiger charge is 2.13. The number of amides is 1. The summed E-state index contributed by atoms with van der Waals surface area (Å²) in [6, 6.07) is 7.46. The van der Waals surface area contributed by atoms with Gasteiger partial charge in [0.25, 0.3) is 5.91 Å². The van der Waals surface area contributed by atoms with Crippen LogP contribution in [0.25, 0.3) is 0 Å². The average Bonchev–Trinajstić information content (AvgIpc) is 3.09. The first-order chi connectivity index (χ1) is 13.1. The van der Waals surface area contributed by atoms with E-state index in [1.807, 2.05) is 25.1 Å². The van der Waals surface area contributed by atoms with Gasteiger partial charge in [0.05, 0.1) is 5.69 Å². The monoisotopic (exact) mass is 501 g/mol. The molecular formula is C19H28IN5O3. The summed E-state index contributed by atoms with van der Waals surface area (Å²) in [5, 5.41) is 10.7. The highest BCUT2D eigenvalue weighted by molar-refractivity contribution is 14.0. The molecule has 28 heavy (non-hydrogen) atoms. The first kappa shape index (κ1) is 23.7. The van der Waals surface area contributed by atoms with E-state index < -0.39 is 5.91 Å². The van der Waals surface area contributed by atoms with Crippen molar-refractivity contribution in [1.82, 2.24) is 15.8 Å². The number of hydrogen-bond donors (Lipinski definition) is 3. The fourth-order valence-electron chi connectivity index (χ4n) is 2.62. The molecule has 0 atom stereocenters. The smallest absolute Gasteiger partial charge is 0.255 e. The number of carbonyl (C=O) groups excluding carboxylic acids is 1. The number of ether oxygens (including phenoxy) is 1. The highest BCUT2D eigenvalue weighted by atomic mass is 127. The number of rotatable bonds is 9. The van der Waals surface area contributed by atoms with Crippen LogP contribution in [0.2, 0.25) is 0 Å². The number of aliphatic imine (C=N–C) groups is 1. The predicted molar refractivity (Wildman–Crippen MR) is 119 cm³/mol. The standard InChI is InChI=1S/C19H27N5O3.HI/c1-4-16-15(17(5-2)27-24-16)11-23-19(21-3)22-10-13-7-6-8-14(9-13)26-12-18(20)25;/h6-9H,4-5,10-12H2,1-3H3,(H2,20,25)(H2,21,22,23);1H. The molecular weight excluding hydrogens is 473 g/mol. The molecule has 0 unspecified atom stereocenters. The third-order valence-electron chi connectivity index (χ3n) is 4.00. The third-order valence-corrected chi connectivity index (χ3v) is 4.00. The number of aryl methyl sites for hydroxylation is 2. The topological polar surface area (TPSA) is 115 Å². The third kappa shape index (κ3) is 7.02. The van der Waals surface area contributed by atoms with E-state index in [0.717, 1.165) is 35.4 Å². The Balaban J connectivity index is 0.00000392. The van der Waals surface area contributed by atoms with Crippen molar-refractivity contribution in [2.75, 3.05) is 13.7 Å². The van der Waals surface area contributed by atoms with E-state index in [9.17, 15) is 4.79 Å². The maximum atomic E-state index is 10.8. The van der Waals surface area contributed by atoms with Gasteiger partial charge in [0.15, 0.2) is 12.6 Å². The molecule has 0 aliphatic carbocycles. The molecule has 0 saturated carbocycles. The molecule has 0 spiro atoms. The summed E-state index contributed by atoms with van der Waals surface area (Å²) in [5.41, 5.74) is 8.15. The van der Waals surface area contributed by atoms with Crippen molar-refractivity contribution in [3.8, 4) is 5.75 Å². The van der Waals surface area contributed by atoms with Crippen molar-refractivity contribution in [2.45, 2.75) is 39.8 Å². The fraction of sp³-hybridized carbons (Fsp3) is 0.421. The van der Waals surface area contributed by atoms with Gasteiger partial charge in [-0.2, -0.15) is 0 Å². The van der Waals surface area contributed by atoms with Crippen molar-refractivity contribution in [3.05, 3.63) is 46.8 Å². The van der Waals surface area contributed by atoms with Crippen molar-refractivity contribution in [2.24, 2.45) is 10.7 Å². The van der Waals surface area contributed by atoms with Crippen LogP contribution in [0.1, 0.15) is 36.4 Å². The van der Waals surface area contributed by atoms with E-state index >= 15 is 0 Å². The molecule has 2 rings (SSSR count). The Morgan fingerprint density at radius 1 is 1.25 bits per heavy atom. The molecule has 1 aromatic carbocycles. The van der Waals surface area contributed by atoms with E-state index in [1.165, 1.54) is 0 Å². The summed E-state index contributed by atoms with van der Waals surface area (Å²) in [4.78, 5) is 15.1. The lowest BCUT2D eigenvalue weighted by atomic mass is 10.1. The van der Waals surface area contributed by atoms with Crippen LogP contribution in [-0.2, 0) is 30.7 Å². The van der Waals surface area contributed by atoms with E-state index in [0.29, 0.717) is 24.8 Å². The second kappa shape index (κ2) is 12.2. The van der Waals surface area contributed by atoms with Gasteiger partial charge in [-0.25, -0.2) is 0 Å². The summed E-state index contributed by atoms with van der Waals surface area (Å²) in [7, 11) is 1.72. The zero-order valence-electron chi connectivity index (χ0n) is 16.4. The summed E-state index contributed by atoms with van der Waals surface area (Å²) in [6.07, 6.45) is 1.62. The van der Waals surface area contributed by atoms with Crippen molar-refractivity contribution < 1.29 is 14.1 Å². The molecule has 1 amide bonds. The van der Waals surface area contributed by atoms with Crippen LogP contribution in [0.3, 0.4) is 0 Å². The number of aromatic nitrogens is 1. The Hall–Kier alpha value is -2.30. The van der Waals surface area contributed by atoms with Crippen molar-refractivity contribution >= 4 is 35.8 Å². The minimum atomic E-state index is -0.505. The lowest BCUT2D eigenvalue weighted by Crippen LogP contribution is -2.36. The van der Waals surface area contributed by atoms with Gasteiger partial charge in [0, 0.05) is 32.1 Å². The van der Waals surface area contributed by atoms with Gasteiger partial charge >= 0.3 is 0 Å². The lowest BCUT2D eigenvalue weighted by molar-refractivity contribution is -0.119. The first-order valence-electron chi connectivity index (χ1n) is 8.98. The molecule has 2 aromatic rings. The Kier molecular flexibility index (Phi) is 10.4. The van der Waals surface area contributed by atoms with Gasteiger partial charge in [0.1, 0.15) is 11.5 Å². The van der Waals surface area contributed by atoms with Crippen LogP contribution in [-0.4, -0.2) is 30.7 Å². The highest BCUT2D eigenvalue weighted by Crippen LogP contribution is 2.15. The van der Waals surface area contributed by atoms with Crippen LogP contribution in [0, 0.1) is 0 Å². The van der Waals surface area contributed by atoms with Gasteiger partial charge in [0.2, 0.25) is 0 Å². The summed E-state index contributed by atoms with van der Waals surface area (Å²) in [6.45, 7) is 5.11. The molecule has 9 heteroatoms. The van der Waals surface area contributed by atoms with Gasteiger partial charge in [-0.05, 0) is 24.1 Å². The lowest BCUT2D eigenvalue weighted by Gasteiger charge is -2.13. The normalized spacial score (nSPS) is 10.9. The molecule has 0 bridgehead atoms. The van der Waals surface area contributed by atoms with Gasteiger partial charge < -0.3 is 25.6 Å². The number of nitrogens with zero attached hydrogens (tertiary/aromatic N) is 2.